The molecular weight excluding hydrogens is 566 g/mol. The van der Waals surface area contributed by atoms with Gasteiger partial charge in [-0.25, -0.2) is 9.97 Å². The summed E-state index contributed by atoms with van der Waals surface area (Å²) < 4.78 is 5.81. The minimum atomic E-state index is 0. The van der Waals surface area contributed by atoms with Crippen molar-refractivity contribution in [3.63, 3.8) is 0 Å². The van der Waals surface area contributed by atoms with Gasteiger partial charge in [-0.3, -0.25) is 0 Å². The predicted molar refractivity (Wildman–Crippen MR) is 182 cm³/mol. The molecule has 2 unspecified atom stereocenters. The van der Waals surface area contributed by atoms with Gasteiger partial charge in [0, 0.05) is 37.4 Å². The number of aryl methyl sites for hydroxylation is 1. The van der Waals surface area contributed by atoms with E-state index >= 15 is 0 Å². The van der Waals surface area contributed by atoms with Crippen molar-refractivity contribution in [2.45, 2.75) is 78.7 Å². The SMILES string of the molecule is CC.CC/C=C(/C=C(/Cc1c(C)ncnc1NC1CCC(CO)C1)OC)\C=C(/NC)c1cccs1.CNCC1CC1.Cl. The van der Waals surface area contributed by atoms with Crippen LogP contribution in [0, 0.1) is 18.8 Å². The second-order valence-electron chi connectivity index (χ2n) is 10.4. The molecule has 2 aromatic rings. The van der Waals surface area contributed by atoms with Crippen LogP contribution in [0.4, 0.5) is 5.82 Å². The van der Waals surface area contributed by atoms with Crippen molar-refractivity contribution in [1.82, 2.24) is 20.6 Å². The Morgan fingerprint density at radius 1 is 1.12 bits per heavy atom. The quantitative estimate of drug-likeness (QED) is 0.140. The maximum absolute atomic E-state index is 9.48. The molecule has 2 aromatic heterocycles. The fraction of sp³-hybridized carbons (Fsp3) is 0.576. The van der Waals surface area contributed by atoms with Crippen LogP contribution in [0.5, 0.6) is 0 Å². The first-order chi connectivity index (χ1) is 20.0. The number of hydrogen-bond acceptors (Lipinski definition) is 8. The van der Waals surface area contributed by atoms with Crippen LogP contribution in [0.2, 0.25) is 0 Å². The van der Waals surface area contributed by atoms with Gasteiger partial charge in [0.15, 0.2) is 0 Å². The van der Waals surface area contributed by atoms with Gasteiger partial charge in [-0.15, -0.1) is 23.7 Å². The van der Waals surface area contributed by atoms with Crippen molar-refractivity contribution in [2.24, 2.45) is 11.8 Å². The third-order valence-electron chi connectivity index (χ3n) is 7.24. The van der Waals surface area contributed by atoms with Crippen LogP contribution in [0.25, 0.3) is 5.70 Å². The summed E-state index contributed by atoms with van der Waals surface area (Å²) in [6, 6.07) is 4.50. The third-order valence-corrected chi connectivity index (χ3v) is 8.14. The van der Waals surface area contributed by atoms with Crippen molar-refractivity contribution < 1.29 is 9.84 Å². The van der Waals surface area contributed by atoms with Gasteiger partial charge in [0.1, 0.15) is 17.9 Å². The van der Waals surface area contributed by atoms with E-state index in [0.29, 0.717) is 18.4 Å². The number of hydrogen-bond donors (Lipinski definition) is 4. The van der Waals surface area contributed by atoms with E-state index in [2.05, 4.69) is 68.6 Å². The van der Waals surface area contributed by atoms with E-state index < -0.39 is 0 Å². The Labute approximate surface area is 264 Å². The molecule has 236 valence electrons. The number of ether oxygens (including phenoxy) is 1. The van der Waals surface area contributed by atoms with Crippen LogP contribution in [0.1, 0.15) is 75.4 Å². The number of rotatable bonds is 13. The van der Waals surface area contributed by atoms with Crippen LogP contribution in [-0.4, -0.2) is 55.5 Å². The molecule has 0 radical (unpaired) electrons. The van der Waals surface area contributed by atoms with E-state index in [1.807, 2.05) is 34.9 Å². The summed E-state index contributed by atoms with van der Waals surface area (Å²) in [5.41, 5.74) is 4.17. The van der Waals surface area contributed by atoms with Crippen molar-refractivity contribution in [3.05, 3.63) is 69.5 Å². The first-order valence-electron chi connectivity index (χ1n) is 15.2. The molecule has 0 amide bonds. The Kier molecular flexibility index (Phi) is 19.1. The Hall–Kier alpha value is -2.39. The van der Waals surface area contributed by atoms with Crippen LogP contribution >= 0.6 is 23.7 Å². The number of aliphatic hydroxyl groups is 1. The molecule has 0 spiro atoms. The molecule has 9 heteroatoms. The van der Waals surface area contributed by atoms with Crippen LogP contribution in [0.15, 0.2) is 53.4 Å². The first kappa shape index (κ1) is 37.6. The minimum Gasteiger partial charge on any atom is -0.501 e. The normalized spacial score (nSPS) is 18.6. The number of thiophene rings is 1. The van der Waals surface area contributed by atoms with Crippen molar-refractivity contribution in [1.29, 1.82) is 0 Å². The molecule has 2 atom stereocenters. The van der Waals surface area contributed by atoms with Crippen molar-refractivity contribution in [2.75, 3.05) is 39.7 Å². The van der Waals surface area contributed by atoms with Gasteiger partial charge >= 0.3 is 0 Å². The molecule has 2 aliphatic rings. The summed E-state index contributed by atoms with van der Waals surface area (Å²) in [6.45, 7) is 9.64. The Morgan fingerprint density at radius 2 is 1.86 bits per heavy atom. The van der Waals surface area contributed by atoms with E-state index in [0.717, 1.165) is 65.7 Å². The average Bonchev–Trinajstić information content (AvgIpc) is 3.44. The molecule has 0 bridgehead atoms. The fourth-order valence-corrected chi connectivity index (χ4v) is 5.56. The van der Waals surface area contributed by atoms with E-state index in [4.69, 9.17) is 4.74 Å². The molecule has 4 rings (SSSR count). The summed E-state index contributed by atoms with van der Waals surface area (Å²) in [5.74, 6) is 3.13. The van der Waals surface area contributed by atoms with Gasteiger partial charge < -0.3 is 25.8 Å². The molecule has 42 heavy (non-hydrogen) atoms. The molecule has 0 saturated heterocycles. The van der Waals surface area contributed by atoms with Gasteiger partial charge in [-0.2, -0.15) is 0 Å². The summed E-state index contributed by atoms with van der Waals surface area (Å²) in [7, 11) is 5.67. The summed E-state index contributed by atoms with van der Waals surface area (Å²) >= 11 is 1.71. The molecule has 2 fully saturated rings. The van der Waals surface area contributed by atoms with Gasteiger partial charge in [-0.1, -0.05) is 32.9 Å². The van der Waals surface area contributed by atoms with Crippen LogP contribution in [-0.2, 0) is 11.2 Å². The molecule has 7 nitrogen and oxygen atoms in total. The summed E-state index contributed by atoms with van der Waals surface area (Å²) in [5, 5.41) is 21.6. The molecular formula is C33H54ClN5O2S. The zero-order valence-electron chi connectivity index (χ0n) is 26.7. The van der Waals surface area contributed by atoms with Gasteiger partial charge in [0.05, 0.1) is 17.7 Å². The maximum atomic E-state index is 9.48. The van der Waals surface area contributed by atoms with E-state index in [-0.39, 0.29) is 19.0 Å². The van der Waals surface area contributed by atoms with Crippen molar-refractivity contribution in [3.8, 4) is 0 Å². The van der Waals surface area contributed by atoms with E-state index in [1.54, 1.807) is 24.8 Å². The number of nitrogens with zero attached hydrogens (tertiary/aromatic N) is 2. The second-order valence-corrected chi connectivity index (χ2v) is 11.3. The highest BCUT2D eigenvalue weighted by Gasteiger charge is 2.25. The maximum Gasteiger partial charge on any atom is 0.133 e. The van der Waals surface area contributed by atoms with E-state index in [1.165, 1.54) is 24.3 Å². The Bertz CT molecular complexity index is 1100. The smallest absolute Gasteiger partial charge is 0.133 e. The topological polar surface area (TPSA) is 91.3 Å². The molecule has 2 saturated carbocycles. The minimum absolute atomic E-state index is 0. The lowest BCUT2D eigenvalue weighted by Crippen LogP contribution is -2.19. The molecule has 4 N–H and O–H groups in total. The lowest BCUT2D eigenvalue weighted by atomic mass is 10.1. The largest absolute Gasteiger partial charge is 0.501 e. The third kappa shape index (κ3) is 12.9. The number of nitrogens with one attached hydrogen (secondary N) is 3. The molecule has 2 aliphatic carbocycles. The standard InChI is InChI=1S/C26H36N4O2S.C5H11N.C2H6.ClH/c1-5-7-19(14-24(27-3)25-8-6-11-33-25)13-22(32-4)15-23-18(2)28-17-29-26(23)30-21-10-9-20(12-21)16-31;1-6-4-5-2-3-5;1-2;/h6-8,11,13-14,17,20-21,27,31H,5,9-10,12,15-16H2,1-4H3,(H,28,29,30);5-6H,2-4H2,1H3;1-2H3;1H/b19-7-,22-13-,24-14-;;;. The number of aromatic nitrogens is 2. The highest BCUT2D eigenvalue weighted by molar-refractivity contribution is 7.11. The lowest BCUT2D eigenvalue weighted by molar-refractivity contribution is 0.229. The summed E-state index contributed by atoms with van der Waals surface area (Å²) in [4.78, 5) is 10.2. The van der Waals surface area contributed by atoms with Crippen molar-refractivity contribution >= 4 is 35.3 Å². The monoisotopic (exact) mass is 619 g/mol. The molecule has 0 aliphatic heterocycles. The fourth-order valence-electron chi connectivity index (χ4n) is 4.81. The van der Waals surface area contributed by atoms with Gasteiger partial charge in [0.2, 0.25) is 0 Å². The highest BCUT2D eigenvalue weighted by atomic mass is 35.5. The predicted octanol–water partition coefficient (Wildman–Crippen LogP) is 7.15. The number of anilines is 1. The van der Waals surface area contributed by atoms with Gasteiger partial charge in [-0.05, 0) is 100 Å². The Balaban J connectivity index is 0.000000857. The molecule has 2 heterocycles. The number of aliphatic hydroxyl groups excluding tert-OH is 1. The zero-order valence-corrected chi connectivity index (χ0v) is 28.3. The van der Waals surface area contributed by atoms with Gasteiger partial charge in [0.25, 0.3) is 0 Å². The van der Waals surface area contributed by atoms with E-state index in [9.17, 15) is 5.11 Å². The highest BCUT2D eigenvalue weighted by Crippen LogP contribution is 2.30. The first-order valence-corrected chi connectivity index (χ1v) is 16.1. The average molecular weight is 620 g/mol. The second kappa shape index (κ2) is 21.3. The summed E-state index contributed by atoms with van der Waals surface area (Å²) in [6.07, 6.45) is 15.6. The molecule has 0 aromatic carbocycles. The number of halogens is 1. The van der Waals surface area contributed by atoms with Crippen LogP contribution < -0.4 is 16.0 Å². The number of allylic oxidation sites excluding steroid dienone is 5. The zero-order chi connectivity index (χ0) is 30.0. The van der Waals surface area contributed by atoms with Crippen LogP contribution in [0.3, 0.4) is 0 Å². The number of methoxy groups -OCH3 is 1. The lowest BCUT2D eigenvalue weighted by Gasteiger charge is -2.18. The Morgan fingerprint density at radius 3 is 2.38 bits per heavy atom.